The zero-order chi connectivity index (χ0) is 18.4. The number of aromatic amines is 1. The normalized spacial score (nSPS) is 16.3. The van der Waals surface area contributed by atoms with E-state index in [1.54, 1.807) is 12.4 Å². The molecule has 0 aliphatic carbocycles. The summed E-state index contributed by atoms with van der Waals surface area (Å²) in [5, 5.41) is 6.67. The molecule has 0 radical (unpaired) electrons. The first-order chi connectivity index (χ1) is 13.2. The number of halogens is 1. The molecule has 0 saturated carbocycles. The lowest BCUT2D eigenvalue weighted by molar-refractivity contribution is 0.163. The van der Waals surface area contributed by atoms with Gasteiger partial charge in [0.2, 0.25) is 0 Å². The highest BCUT2D eigenvalue weighted by Gasteiger charge is 2.26. The zero-order valence-electron chi connectivity index (χ0n) is 14.9. The third kappa shape index (κ3) is 2.60. The second-order valence-corrected chi connectivity index (χ2v) is 6.77. The summed E-state index contributed by atoms with van der Waals surface area (Å²) in [6.07, 6.45) is 4.99. The van der Waals surface area contributed by atoms with Crippen molar-refractivity contribution in [1.82, 2.24) is 19.7 Å². The molecule has 2 aromatic carbocycles. The standard InChI is InChI=1S/C21H19FN4O/c1-2-26-18-9-15(14-11-23-24-12-14)16(22)10-17(18)25-21(26)20-8-7-13-5-3-4-6-19(13)27-20/h3-6,9-12,20H,2,7-8H2,1H3,(H,23,24). The molecular weight excluding hydrogens is 343 g/mol. The first kappa shape index (κ1) is 16.1. The van der Waals surface area contributed by atoms with E-state index in [2.05, 4.69) is 27.8 Å². The number of para-hydroxylation sites is 1. The van der Waals surface area contributed by atoms with Gasteiger partial charge in [0, 0.05) is 29.9 Å². The Morgan fingerprint density at radius 1 is 1.30 bits per heavy atom. The summed E-state index contributed by atoms with van der Waals surface area (Å²) in [6.45, 7) is 2.81. The molecule has 3 heterocycles. The van der Waals surface area contributed by atoms with Gasteiger partial charge in [-0.15, -0.1) is 0 Å². The molecule has 4 aromatic rings. The number of rotatable bonds is 3. The Morgan fingerprint density at radius 2 is 2.19 bits per heavy atom. The molecule has 5 rings (SSSR count). The maximum absolute atomic E-state index is 14.6. The van der Waals surface area contributed by atoms with Crippen LogP contribution in [0.5, 0.6) is 5.75 Å². The molecule has 1 unspecified atom stereocenters. The van der Waals surface area contributed by atoms with Crippen molar-refractivity contribution in [3.05, 3.63) is 66.0 Å². The molecule has 1 atom stereocenters. The van der Waals surface area contributed by atoms with E-state index in [1.165, 1.54) is 11.6 Å². The van der Waals surface area contributed by atoms with Crippen molar-refractivity contribution in [2.24, 2.45) is 0 Å². The predicted molar refractivity (Wildman–Crippen MR) is 101 cm³/mol. The molecule has 0 amide bonds. The fraction of sp³-hybridized carbons (Fsp3) is 0.238. The molecular formula is C21H19FN4O. The van der Waals surface area contributed by atoms with Gasteiger partial charge in [-0.1, -0.05) is 18.2 Å². The summed E-state index contributed by atoms with van der Waals surface area (Å²) < 4.78 is 23.0. The zero-order valence-corrected chi connectivity index (χ0v) is 14.9. The third-order valence-electron chi connectivity index (χ3n) is 5.20. The monoisotopic (exact) mass is 362 g/mol. The Hall–Kier alpha value is -3.15. The Labute approximate surface area is 155 Å². The third-order valence-corrected chi connectivity index (χ3v) is 5.20. The molecule has 27 heavy (non-hydrogen) atoms. The summed E-state index contributed by atoms with van der Waals surface area (Å²) in [5.41, 5.74) is 4.03. The molecule has 136 valence electrons. The molecule has 0 spiro atoms. The van der Waals surface area contributed by atoms with Gasteiger partial charge in [0.25, 0.3) is 0 Å². The Bertz CT molecular complexity index is 1120. The van der Waals surface area contributed by atoms with E-state index < -0.39 is 0 Å². The first-order valence-electron chi connectivity index (χ1n) is 9.18. The van der Waals surface area contributed by atoms with Crippen LogP contribution in [0.1, 0.15) is 30.8 Å². The number of fused-ring (bicyclic) bond motifs is 2. The van der Waals surface area contributed by atoms with Crippen molar-refractivity contribution in [3.63, 3.8) is 0 Å². The van der Waals surface area contributed by atoms with Crippen molar-refractivity contribution >= 4 is 11.0 Å². The highest BCUT2D eigenvalue weighted by Crippen LogP contribution is 2.36. The Morgan fingerprint density at radius 3 is 3.00 bits per heavy atom. The van der Waals surface area contributed by atoms with Gasteiger partial charge in [-0.2, -0.15) is 5.10 Å². The van der Waals surface area contributed by atoms with E-state index in [1.807, 2.05) is 24.3 Å². The van der Waals surface area contributed by atoms with Gasteiger partial charge < -0.3 is 9.30 Å². The van der Waals surface area contributed by atoms with Crippen molar-refractivity contribution in [3.8, 4) is 16.9 Å². The van der Waals surface area contributed by atoms with Gasteiger partial charge in [-0.25, -0.2) is 9.37 Å². The number of benzene rings is 2. The minimum absolute atomic E-state index is 0.132. The summed E-state index contributed by atoms with van der Waals surface area (Å²) >= 11 is 0. The first-order valence-corrected chi connectivity index (χ1v) is 9.18. The molecule has 1 aliphatic heterocycles. The average molecular weight is 362 g/mol. The van der Waals surface area contributed by atoms with E-state index in [4.69, 9.17) is 9.72 Å². The van der Waals surface area contributed by atoms with E-state index in [9.17, 15) is 4.39 Å². The Kier molecular flexibility index (Phi) is 3.70. The van der Waals surface area contributed by atoms with Crippen LogP contribution in [0.2, 0.25) is 0 Å². The van der Waals surface area contributed by atoms with Crippen LogP contribution in [0, 0.1) is 5.82 Å². The number of nitrogens with zero attached hydrogens (tertiary/aromatic N) is 3. The number of ether oxygens (including phenoxy) is 1. The fourth-order valence-corrected chi connectivity index (χ4v) is 3.87. The number of hydrogen-bond acceptors (Lipinski definition) is 3. The van der Waals surface area contributed by atoms with Gasteiger partial charge in [0.15, 0.2) is 11.9 Å². The second-order valence-electron chi connectivity index (χ2n) is 6.77. The van der Waals surface area contributed by atoms with Crippen LogP contribution in [0.25, 0.3) is 22.2 Å². The van der Waals surface area contributed by atoms with Crippen LogP contribution in [-0.2, 0) is 13.0 Å². The van der Waals surface area contributed by atoms with Gasteiger partial charge in [-0.05, 0) is 37.5 Å². The summed E-state index contributed by atoms with van der Waals surface area (Å²) in [4.78, 5) is 4.74. The van der Waals surface area contributed by atoms with E-state index in [0.29, 0.717) is 11.1 Å². The number of H-pyrrole nitrogens is 1. The molecule has 0 saturated heterocycles. The predicted octanol–water partition coefficient (Wildman–Crippen LogP) is 4.65. The van der Waals surface area contributed by atoms with Crippen molar-refractivity contribution < 1.29 is 9.13 Å². The van der Waals surface area contributed by atoms with Crippen molar-refractivity contribution in [1.29, 1.82) is 0 Å². The molecule has 1 aliphatic rings. The second kappa shape index (κ2) is 6.23. The maximum Gasteiger partial charge on any atom is 0.157 e. The van der Waals surface area contributed by atoms with Crippen LogP contribution < -0.4 is 4.74 Å². The Balaban J connectivity index is 1.61. The van der Waals surface area contributed by atoms with Gasteiger partial charge in [0.1, 0.15) is 11.6 Å². The number of hydrogen-bond donors (Lipinski definition) is 1. The van der Waals surface area contributed by atoms with Crippen molar-refractivity contribution in [2.45, 2.75) is 32.4 Å². The van der Waals surface area contributed by atoms with Crippen LogP contribution >= 0.6 is 0 Å². The van der Waals surface area contributed by atoms with Crippen LogP contribution in [-0.4, -0.2) is 19.7 Å². The molecule has 2 aromatic heterocycles. The lowest BCUT2D eigenvalue weighted by Crippen LogP contribution is -2.19. The summed E-state index contributed by atoms with van der Waals surface area (Å²) in [7, 11) is 0. The number of imidazole rings is 1. The molecule has 5 nitrogen and oxygen atoms in total. The quantitative estimate of drug-likeness (QED) is 0.577. The van der Waals surface area contributed by atoms with E-state index in [-0.39, 0.29) is 11.9 Å². The van der Waals surface area contributed by atoms with Crippen LogP contribution in [0.15, 0.2) is 48.8 Å². The average Bonchev–Trinajstić information content (AvgIpc) is 3.34. The molecule has 0 fully saturated rings. The topological polar surface area (TPSA) is 55.7 Å². The van der Waals surface area contributed by atoms with Crippen LogP contribution in [0.4, 0.5) is 4.39 Å². The van der Waals surface area contributed by atoms with Gasteiger partial charge in [-0.3, -0.25) is 5.10 Å². The molecule has 1 N–H and O–H groups in total. The smallest absolute Gasteiger partial charge is 0.157 e. The lowest BCUT2D eigenvalue weighted by Gasteiger charge is -2.26. The summed E-state index contributed by atoms with van der Waals surface area (Å²) in [6, 6.07) is 11.5. The fourth-order valence-electron chi connectivity index (χ4n) is 3.87. The van der Waals surface area contributed by atoms with Gasteiger partial charge >= 0.3 is 0 Å². The highest BCUT2D eigenvalue weighted by atomic mass is 19.1. The molecule has 0 bridgehead atoms. The largest absolute Gasteiger partial charge is 0.482 e. The van der Waals surface area contributed by atoms with Gasteiger partial charge in [0.05, 0.1) is 17.2 Å². The number of aromatic nitrogens is 4. The molecule has 6 heteroatoms. The van der Waals surface area contributed by atoms with E-state index >= 15 is 0 Å². The van der Waals surface area contributed by atoms with E-state index in [0.717, 1.165) is 42.0 Å². The lowest BCUT2D eigenvalue weighted by atomic mass is 10.0. The minimum Gasteiger partial charge on any atom is -0.482 e. The highest BCUT2D eigenvalue weighted by molar-refractivity contribution is 5.83. The summed E-state index contributed by atoms with van der Waals surface area (Å²) in [5.74, 6) is 1.46. The van der Waals surface area contributed by atoms with Crippen LogP contribution in [0.3, 0.4) is 0 Å². The number of nitrogens with one attached hydrogen (secondary N) is 1. The SMILES string of the molecule is CCn1c(C2CCc3ccccc3O2)nc2cc(F)c(-c3cn[nH]c3)cc21. The maximum atomic E-state index is 14.6. The minimum atomic E-state index is -0.300. The van der Waals surface area contributed by atoms with Crippen molar-refractivity contribution in [2.75, 3.05) is 0 Å². The number of aryl methyl sites for hydroxylation is 2.